The highest BCUT2D eigenvalue weighted by Gasteiger charge is 2.50. The summed E-state index contributed by atoms with van der Waals surface area (Å²) in [5, 5.41) is 13.3. The first kappa shape index (κ1) is 43.5. The SMILES string of the molecule is CC(C)OC(=O)CN1C(=O)[C@@H](NC(=O)/C=C/C(=O)O)C[C@H]1COCCS(=O)(=O)OCC(C)(C)CCO[Si](c1ccccc1)(c1ccccc1)C(C)(C)C. The molecule has 1 aliphatic rings. The Morgan fingerprint density at radius 2 is 1.55 bits per heavy atom. The molecule has 292 valence electrons. The van der Waals surface area contributed by atoms with Gasteiger partial charge in [0.15, 0.2) is 0 Å². The van der Waals surface area contributed by atoms with Crippen LogP contribution in [-0.4, -0.2) is 107 Å². The summed E-state index contributed by atoms with van der Waals surface area (Å²) < 4.78 is 49.1. The van der Waals surface area contributed by atoms with Crippen molar-refractivity contribution in [1.29, 1.82) is 0 Å². The number of amides is 2. The van der Waals surface area contributed by atoms with E-state index in [1.807, 2.05) is 50.2 Å². The molecule has 0 saturated carbocycles. The van der Waals surface area contributed by atoms with E-state index in [1.54, 1.807) is 13.8 Å². The van der Waals surface area contributed by atoms with E-state index in [1.165, 1.54) is 4.90 Å². The minimum atomic E-state index is -3.99. The maximum atomic E-state index is 13.1. The summed E-state index contributed by atoms with van der Waals surface area (Å²) in [6.07, 6.45) is 1.59. The van der Waals surface area contributed by atoms with E-state index in [4.69, 9.17) is 23.2 Å². The van der Waals surface area contributed by atoms with E-state index >= 15 is 0 Å². The average Bonchev–Trinajstić information content (AvgIpc) is 3.35. The number of carboxylic acid groups (broad SMARTS) is 1. The van der Waals surface area contributed by atoms with Crippen molar-refractivity contribution in [3.63, 3.8) is 0 Å². The number of carbonyl (C=O) groups is 4. The number of esters is 1. The topological polar surface area (TPSA) is 175 Å². The Morgan fingerprint density at radius 1 is 0.962 bits per heavy atom. The zero-order valence-electron chi connectivity index (χ0n) is 31.7. The van der Waals surface area contributed by atoms with Crippen molar-refractivity contribution in [2.75, 3.05) is 38.7 Å². The van der Waals surface area contributed by atoms with Crippen LogP contribution in [0.15, 0.2) is 72.8 Å². The lowest BCUT2D eigenvalue weighted by Gasteiger charge is -2.43. The number of hydrogen-bond donors (Lipinski definition) is 2. The third-order valence-corrected chi connectivity index (χ3v) is 15.0. The molecular formula is C38H54N2O11SSi. The van der Waals surface area contributed by atoms with Crippen LogP contribution >= 0.6 is 0 Å². The molecule has 0 bridgehead atoms. The van der Waals surface area contributed by atoms with Gasteiger partial charge in [0.1, 0.15) is 12.6 Å². The lowest BCUT2D eigenvalue weighted by molar-refractivity contribution is -0.152. The zero-order valence-corrected chi connectivity index (χ0v) is 33.5. The molecule has 13 nitrogen and oxygen atoms in total. The van der Waals surface area contributed by atoms with E-state index < -0.39 is 78.1 Å². The molecule has 15 heteroatoms. The van der Waals surface area contributed by atoms with Crippen molar-refractivity contribution >= 4 is 52.6 Å². The Labute approximate surface area is 314 Å². The lowest BCUT2D eigenvalue weighted by Crippen LogP contribution is -2.66. The van der Waals surface area contributed by atoms with Crippen LogP contribution in [0.4, 0.5) is 0 Å². The predicted octanol–water partition coefficient (Wildman–Crippen LogP) is 3.02. The minimum Gasteiger partial charge on any atom is -0.478 e. The fourth-order valence-electron chi connectivity index (χ4n) is 6.17. The van der Waals surface area contributed by atoms with Gasteiger partial charge in [-0.2, -0.15) is 8.42 Å². The minimum absolute atomic E-state index is 0.0495. The van der Waals surface area contributed by atoms with Crippen LogP contribution in [0.25, 0.3) is 0 Å². The molecule has 2 aromatic carbocycles. The second-order valence-corrected chi connectivity index (χ2v) is 21.2. The van der Waals surface area contributed by atoms with Gasteiger partial charge in [0, 0.05) is 18.8 Å². The van der Waals surface area contributed by atoms with E-state index in [9.17, 15) is 27.6 Å². The summed E-state index contributed by atoms with van der Waals surface area (Å²) in [4.78, 5) is 49.6. The fraction of sp³-hybridized carbons (Fsp3) is 0.526. The Kier molecular flexibility index (Phi) is 15.5. The molecule has 1 fully saturated rings. The fourth-order valence-corrected chi connectivity index (χ4v) is 11.7. The molecule has 2 atom stereocenters. The van der Waals surface area contributed by atoms with Crippen LogP contribution in [0.2, 0.25) is 5.04 Å². The van der Waals surface area contributed by atoms with Gasteiger partial charge in [0.05, 0.1) is 37.7 Å². The van der Waals surface area contributed by atoms with Crippen LogP contribution in [0, 0.1) is 5.41 Å². The number of ether oxygens (including phenoxy) is 2. The quantitative estimate of drug-likeness (QED) is 0.0666. The van der Waals surface area contributed by atoms with Crippen molar-refractivity contribution in [2.24, 2.45) is 5.41 Å². The van der Waals surface area contributed by atoms with Gasteiger partial charge in [0.25, 0.3) is 18.4 Å². The molecule has 2 amide bonds. The third kappa shape index (κ3) is 12.9. The van der Waals surface area contributed by atoms with Crippen molar-refractivity contribution in [3.05, 3.63) is 72.8 Å². The Balaban J connectivity index is 1.57. The smallest absolute Gasteiger partial charge is 0.328 e. The van der Waals surface area contributed by atoms with Gasteiger partial charge in [-0.15, -0.1) is 0 Å². The maximum absolute atomic E-state index is 13.1. The molecule has 3 rings (SSSR count). The van der Waals surface area contributed by atoms with Gasteiger partial charge in [-0.3, -0.25) is 18.6 Å². The monoisotopic (exact) mass is 774 g/mol. The number of benzene rings is 2. The third-order valence-electron chi connectivity index (χ3n) is 8.82. The summed E-state index contributed by atoms with van der Waals surface area (Å²) in [5.41, 5.74) is -0.548. The highest BCUT2D eigenvalue weighted by atomic mass is 32.2. The zero-order chi connectivity index (χ0) is 39.5. The number of carbonyl (C=O) groups excluding carboxylic acids is 3. The summed E-state index contributed by atoms with van der Waals surface area (Å²) in [7, 11) is -6.75. The second-order valence-electron chi connectivity index (χ2n) is 15.2. The van der Waals surface area contributed by atoms with Crippen molar-refractivity contribution in [1.82, 2.24) is 10.2 Å². The normalized spacial score (nSPS) is 17.1. The van der Waals surface area contributed by atoms with Crippen LogP contribution < -0.4 is 15.7 Å². The van der Waals surface area contributed by atoms with E-state index in [0.29, 0.717) is 19.1 Å². The standard InChI is InChI=1S/C38H54N2O11SSi/c1-28(2)51-35(44)25-40-29(24-32(36(40)45)39-33(41)18-19-34(42)43)26-48-22-23-52(46,47)49-27-38(6,7)20-21-50-53(37(3,4)5,30-14-10-8-11-15-30)31-16-12-9-13-17-31/h8-19,28-29,32H,20-27H2,1-7H3,(H,39,41)(H,42,43)/b19-18+/t29-,32-/m0/s1. The first-order chi connectivity index (χ1) is 24.8. The molecule has 53 heavy (non-hydrogen) atoms. The average molecular weight is 775 g/mol. The number of carboxylic acids is 1. The van der Waals surface area contributed by atoms with Crippen LogP contribution in [0.1, 0.15) is 61.3 Å². The number of hydrogen-bond acceptors (Lipinski definition) is 10. The molecule has 0 spiro atoms. The van der Waals surface area contributed by atoms with E-state index in [2.05, 4.69) is 50.4 Å². The van der Waals surface area contributed by atoms with Gasteiger partial charge in [-0.25, -0.2) is 4.79 Å². The highest BCUT2D eigenvalue weighted by Crippen LogP contribution is 2.37. The lowest BCUT2D eigenvalue weighted by atomic mass is 9.91. The molecule has 1 heterocycles. The van der Waals surface area contributed by atoms with Crippen molar-refractivity contribution in [2.45, 2.75) is 84.5 Å². The van der Waals surface area contributed by atoms with Gasteiger partial charge < -0.3 is 29.2 Å². The predicted molar refractivity (Wildman–Crippen MR) is 203 cm³/mol. The first-order valence-electron chi connectivity index (χ1n) is 17.7. The molecule has 0 aromatic heterocycles. The summed E-state index contributed by atoms with van der Waals surface area (Å²) in [5.74, 6) is -3.80. The Hall–Kier alpha value is -3.89. The molecule has 0 radical (unpaired) electrons. The van der Waals surface area contributed by atoms with Gasteiger partial charge >= 0.3 is 11.9 Å². The van der Waals surface area contributed by atoms with Crippen molar-refractivity contribution < 1.29 is 50.8 Å². The number of rotatable bonds is 20. The van der Waals surface area contributed by atoms with Gasteiger partial charge in [-0.1, -0.05) is 95.3 Å². The second kappa shape index (κ2) is 18.9. The first-order valence-corrected chi connectivity index (χ1v) is 21.2. The van der Waals surface area contributed by atoms with Crippen LogP contribution in [0.5, 0.6) is 0 Å². The molecule has 2 N–H and O–H groups in total. The molecule has 1 aliphatic heterocycles. The number of nitrogens with zero attached hydrogens (tertiary/aromatic N) is 1. The Morgan fingerprint density at radius 3 is 2.08 bits per heavy atom. The maximum Gasteiger partial charge on any atom is 0.328 e. The molecule has 0 unspecified atom stereocenters. The van der Waals surface area contributed by atoms with E-state index in [-0.39, 0.29) is 31.3 Å². The summed E-state index contributed by atoms with van der Waals surface area (Å²) >= 11 is 0. The molecule has 1 saturated heterocycles. The summed E-state index contributed by atoms with van der Waals surface area (Å²) in [6, 6.07) is 18.8. The summed E-state index contributed by atoms with van der Waals surface area (Å²) in [6.45, 7) is 13.3. The molecule has 2 aromatic rings. The number of aliphatic carboxylic acids is 1. The number of nitrogens with one attached hydrogen (secondary N) is 1. The van der Waals surface area contributed by atoms with Gasteiger partial charge in [0.2, 0.25) is 11.8 Å². The highest BCUT2D eigenvalue weighted by molar-refractivity contribution is 7.86. The Bertz CT molecular complexity index is 1640. The molecular weight excluding hydrogens is 721 g/mol. The van der Waals surface area contributed by atoms with Crippen LogP contribution in [-0.2, 0) is 47.4 Å². The van der Waals surface area contributed by atoms with E-state index in [0.717, 1.165) is 16.4 Å². The largest absolute Gasteiger partial charge is 0.478 e. The van der Waals surface area contributed by atoms with Crippen molar-refractivity contribution in [3.8, 4) is 0 Å². The molecule has 0 aliphatic carbocycles. The number of likely N-dealkylation sites (tertiary alicyclic amines) is 1. The van der Waals surface area contributed by atoms with Gasteiger partial charge in [-0.05, 0) is 47.5 Å². The van der Waals surface area contributed by atoms with Crippen LogP contribution in [0.3, 0.4) is 0 Å².